The molecule has 3 aromatic rings. The van der Waals surface area contributed by atoms with Gasteiger partial charge < -0.3 is 10.2 Å². The van der Waals surface area contributed by atoms with Gasteiger partial charge in [-0.05, 0) is 80.8 Å². The van der Waals surface area contributed by atoms with E-state index in [1.165, 1.54) is 17.0 Å². The lowest BCUT2D eigenvalue weighted by Gasteiger charge is -2.32. The first-order valence-corrected chi connectivity index (χ1v) is 13.8. The SMILES string of the molecule is CCNC(=O)[C@H](C)N(Cc1cccc(Cl)c1)C(=O)CN(c1ccc(C)c(C)c1)S(=O)(=O)c1ccccc1. The summed E-state index contributed by atoms with van der Waals surface area (Å²) < 4.78 is 28.6. The molecule has 0 fully saturated rings. The van der Waals surface area contributed by atoms with Crippen LogP contribution < -0.4 is 9.62 Å². The van der Waals surface area contributed by atoms with Crippen molar-refractivity contribution in [2.45, 2.75) is 45.2 Å². The number of rotatable bonds is 10. The molecule has 0 unspecified atom stereocenters. The van der Waals surface area contributed by atoms with Crippen LogP contribution in [-0.2, 0) is 26.2 Å². The quantitative estimate of drug-likeness (QED) is 0.403. The molecule has 196 valence electrons. The third-order valence-electron chi connectivity index (χ3n) is 6.15. The zero-order valence-electron chi connectivity index (χ0n) is 21.4. The molecule has 0 aliphatic carbocycles. The van der Waals surface area contributed by atoms with E-state index in [0.717, 1.165) is 21.0 Å². The smallest absolute Gasteiger partial charge is 0.264 e. The molecule has 0 radical (unpaired) electrons. The van der Waals surface area contributed by atoms with E-state index in [1.807, 2.05) is 19.9 Å². The topological polar surface area (TPSA) is 86.8 Å². The molecule has 2 amide bonds. The summed E-state index contributed by atoms with van der Waals surface area (Å²) >= 11 is 6.15. The van der Waals surface area contributed by atoms with Gasteiger partial charge in [0.15, 0.2) is 0 Å². The van der Waals surface area contributed by atoms with Gasteiger partial charge in [0.1, 0.15) is 12.6 Å². The van der Waals surface area contributed by atoms with E-state index in [4.69, 9.17) is 11.6 Å². The number of halogens is 1. The first-order chi connectivity index (χ1) is 17.5. The Kier molecular flexibility index (Phi) is 9.34. The number of carbonyl (C=O) groups is 2. The number of amides is 2. The molecular formula is C28H32ClN3O4S. The van der Waals surface area contributed by atoms with Crippen molar-refractivity contribution in [1.29, 1.82) is 0 Å². The molecular weight excluding hydrogens is 510 g/mol. The first-order valence-electron chi connectivity index (χ1n) is 12.0. The van der Waals surface area contributed by atoms with Gasteiger partial charge in [0.2, 0.25) is 11.8 Å². The van der Waals surface area contributed by atoms with Gasteiger partial charge in [0.25, 0.3) is 10.0 Å². The summed E-state index contributed by atoms with van der Waals surface area (Å²) in [6.45, 7) is 7.24. The van der Waals surface area contributed by atoms with Crippen LogP contribution in [0.5, 0.6) is 0 Å². The third-order valence-corrected chi connectivity index (χ3v) is 8.17. The molecule has 0 bridgehead atoms. The number of aryl methyl sites for hydroxylation is 2. The van der Waals surface area contributed by atoms with Gasteiger partial charge >= 0.3 is 0 Å². The molecule has 3 rings (SSSR count). The predicted molar refractivity (Wildman–Crippen MR) is 147 cm³/mol. The number of sulfonamides is 1. The Hall–Kier alpha value is -3.36. The molecule has 0 aromatic heterocycles. The average molecular weight is 542 g/mol. The van der Waals surface area contributed by atoms with E-state index in [2.05, 4.69) is 5.32 Å². The van der Waals surface area contributed by atoms with Gasteiger partial charge in [-0.25, -0.2) is 8.42 Å². The zero-order valence-corrected chi connectivity index (χ0v) is 23.0. The van der Waals surface area contributed by atoms with Crippen molar-refractivity contribution in [1.82, 2.24) is 10.2 Å². The molecule has 1 N–H and O–H groups in total. The Labute approximate surface area is 224 Å². The van der Waals surface area contributed by atoms with E-state index in [9.17, 15) is 18.0 Å². The third kappa shape index (κ3) is 6.90. The van der Waals surface area contributed by atoms with Crippen molar-refractivity contribution in [3.8, 4) is 0 Å². The van der Waals surface area contributed by atoms with Crippen LogP contribution in [0.4, 0.5) is 5.69 Å². The molecule has 7 nitrogen and oxygen atoms in total. The maximum Gasteiger partial charge on any atom is 0.264 e. The van der Waals surface area contributed by atoms with Crippen molar-refractivity contribution in [3.63, 3.8) is 0 Å². The predicted octanol–water partition coefficient (Wildman–Crippen LogP) is 4.71. The number of nitrogens with one attached hydrogen (secondary N) is 1. The highest BCUT2D eigenvalue weighted by molar-refractivity contribution is 7.92. The second-order valence-electron chi connectivity index (χ2n) is 8.82. The van der Waals surface area contributed by atoms with Crippen LogP contribution in [0.15, 0.2) is 77.7 Å². The standard InChI is InChI=1S/C28H32ClN3O4S/c1-5-30-28(34)22(4)31(18-23-10-9-11-24(29)17-23)27(33)19-32(25-15-14-20(2)21(3)16-25)37(35,36)26-12-7-6-8-13-26/h6-17,22H,5,18-19H2,1-4H3,(H,30,34)/t22-/m0/s1. The fraction of sp³-hybridized carbons (Fsp3) is 0.286. The Bertz CT molecular complexity index is 1360. The minimum atomic E-state index is -4.08. The number of carbonyl (C=O) groups excluding carboxylic acids is 2. The summed E-state index contributed by atoms with van der Waals surface area (Å²) in [5, 5.41) is 3.24. The highest BCUT2D eigenvalue weighted by Gasteiger charge is 2.32. The summed E-state index contributed by atoms with van der Waals surface area (Å²) in [6, 6.07) is 19.4. The van der Waals surface area contributed by atoms with Crippen LogP contribution in [0.3, 0.4) is 0 Å². The number of likely N-dealkylation sites (N-methyl/N-ethyl adjacent to an activating group) is 1. The molecule has 9 heteroatoms. The molecule has 0 spiro atoms. The lowest BCUT2D eigenvalue weighted by Crippen LogP contribution is -2.51. The van der Waals surface area contributed by atoms with Gasteiger partial charge in [-0.3, -0.25) is 13.9 Å². The van der Waals surface area contributed by atoms with Crippen molar-refractivity contribution in [2.24, 2.45) is 0 Å². The Morgan fingerprint density at radius 1 is 0.946 bits per heavy atom. The van der Waals surface area contributed by atoms with E-state index in [-0.39, 0.29) is 17.3 Å². The van der Waals surface area contributed by atoms with Gasteiger partial charge in [-0.15, -0.1) is 0 Å². The van der Waals surface area contributed by atoms with Crippen LogP contribution in [0.2, 0.25) is 5.02 Å². The monoisotopic (exact) mass is 541 g/mol. The average Bonchev–Trinajstić information content (AvgIpc) is 2.87. The molecule has 37 heavy (non-hydrogen) atoms. The van der Waals surface area contributed by atoms with Crippen LogP contribution >= 0.6 is 11.6 Å². The zero-order chi connectivity index (χ0) is 27.2. The van der Waals surface area contributed by atoms with E-state index >= 15 is 0 Å². The first kappa shape index (κ1) is 28.2. The summed E-state index contributed by atoms with van der Waals surface area (Å²) in [5.41, 5.74) is 2.98. The largest absolute Gasteiger partial charge is 0.355 e. The highest BCUT2D eigenvalue weighted by Crippen LogP contribution is 2.26. The molecule has 0 saturated heterocycles. The lowest BCUT2D eigenvalue weighted by molar-refractivity contribution is -0.139. The van der Waals surface area contributed by atoms with Gasteiger partial charge in [-0.1, -0.05) is 48.0 Å². The molecule has 0 aliphatic heterocycles. The fourth-order valence-corrected chi connectivity index (χ4v) is 5.51. The summed E-state index contributed by atoms with van der Waals surface area (Å²) in [7, 11) is -4.08. The minimum Gasteiger partial charge on any atom is -0.355 e. The van der Waals surface area contributed by atoms with Crippen molar-refractivity contribution >= 4 is 39.1 Å². The van der Waals surface area contributed by atoms with Crippen LogP contribution in [0.25, 0.3) is 0 Å². The van der Waals surface area contributed by atoms with Gasteiger partial charge in [0, 0.05) is 18.1 Å². The van der Waals surface area contributed by atoms with Crippen LogP contribution in [0.1, 0.15) is 30.5 Å². The normalized spacial score (nSPS) is 12.0. The van der Waals surface area contributed by atoms with E-state index < -0.39 is 28.5 Å². The second kappa shape index (κ2) is 12.3. The Balaban J connectivity index is 2.04. The van der Waals surface area contributed by atoms with Crippen LogP contribution in [0, 0.1) is 13.8 Å². The van der Waals surface area contributed by atoms with E-state index in [1.54, 1.807) is 68.4 Å². The minimum absolute atomic E-state index is 0.0687. The molecule has 0 saturated carbocycles. The Morgan fingerprint density at radius 3 is 2.27 bits per heavy atom. The summed E-state index contributed by atoms with van der Waals surface area (Å²) in [5.74, 6) is -0.849. The number of hydrogen-bond donors (Lipinski definition) is 1. The number of benzene rings is 3. The molecule has 3 aromatic carbocycles. The maximum atomic E-state index is 13.8. The fourth-order valence-electron chi connectivity index (χ4n) is 3.87. The van der Waals surface area contributed by atoms with Crippen molar-refractivity contribution in [2.75, 3.05) is 17.4 Å². The Morgan fingerprint density at radius 2 is 1.65 bits per heavy atom. The van der Waals surface area contributed by atoms with Crippen LogP contribution in [-0.4, -0.2) is 44.3 Å². The van der Waals surface area contributed by atoms with Gasteiger partial charge in [0.05, 0.1) is 10.6 Å². The van der Waals surface area contributed by atoms with E-state index in [0.29, 0.717) is 17.3 Å². The number of anilines is 1. The number of hydrogen-bond acceptors (Lipinski definition) is 4. The summed E-state index contributed by atoms with van der Waals surface area (Å²) in [6.07, 6.45) is 0. The molecule has 1 atom stereocenters. The lowest BCUT2D eigenvalue weighted by atomic mass is 10.1. The second-order valence-corrected chi connectivity index (χ2v) is 11.1. The number of nitrogens with zero attached hydrogens (tertiary/aromatic N) is 2. The van der Waals surface area contributed by atoms with Gasteiger partial charge in [-0.2, -0.15) is 0 Å². The molecule has 0 aliphatic rings. The van der Waals surface area contributed by atoms with Crippen molar-refractivity contribution in [3.05, 3.63) is 94.5 Å². The van der Waals surface area contributed by atoms with Crippen molar-refractivity contribution < 1.29 is 18.0 Å². The summed E-state index contributed by atoms with van der Waals surface area (Å²) in [4.78, 5) is 28.0. The molecule has 0 heterocycles. The highest BCUT2D eigenvalue weighted by atomic mass is 35.5. The maximum absolute atomic E-state index is 13.8.